The van der Waals surface area contributed by atoms with Gasteiger partial charge >= 0.3 is 0 Å². The lowest BCUT2D eigenvalue weighted by Crippen LogP contribution is -1.89. The van der Waals surface area contributed by atoms with Crippen LogP contribution in [0.2, 0.25) is 5.02 Å². The topological polar surface area (TPSA) is 47.3 Å². The molecule has 0 radical (unpaired) electrons. The Bertz CT molecular complexity index is 854. The normalized spacial score (nSPS) is 10.8. The van der Waals surface area contributed by atoms with Crippen molar-refractivity contribution in [2.24, 2.45) is 7.05 Å². The van der Waals surface area contributed by atoms with Gasteiger partial charge in [-0.15, -0.1) is 0 Å². The molecule has 5 heteroatoms. The number of hydrogen-bond donors (Lipinski definition) is 1. The molecule has 3 aromatic rings. The third-order valence-electron chi connectivity index (χ3n) is 3.76. The fraction of sp³-hybridized carbons (Fsp3) is 0.167. The molecular weight excluding hydrogens is 312 g/mol. The van der Waals surface area contributed by atoms with Gasteiger partial charge < -0.3 is 9.84 Å². The lowest BCUT2D eigenvalue weighted by Gasteiger charge is -2.08. The van der Waals surface area contributed by atoms with Crippen LogP contribution in [0.15, 0.2) is 42.6 Å². The van der Waals surface area contributed by atoms with Gasteiger partial charge in [-0.05, 0) is 42.3 Å². The molecular formula is C18H17ClN2O2. The molecule has 3 rings (SSSR count). The Balaban J connectivity index is 2.16. The summed E-state index contributed by atoms with van der Waals surface area (Å²) in [6, 6.07) is 11.1. The molecule has 0 saturated heterocycles. The molecule has 1 aromatic heterocycles. The SMILES string of the molecule is COc1ccc(-c2cn(C)nc2-c2cc(Cl)c(C)cc2O)cc1. The van der Waals surface area contributed by atoms with Crippen LogP contribution in [-0.2, 0) is 7.05 Å². The van der Waals surface area contributed by atoms with Crippen molar-refractivity contribution in [2.45, 2.75) is 6.92 Å². The molecule has 0 saturated carbocycles. The highest BCUT2D eigenvalue weighted by molar-refractivity contribution is 6.31. The molecule has 0 unspecified atom stereocenters. The number of aryl methyl sites for hydroxylation is 2. The van der Waals surface area contributed by atoms with Crippen LogP contribution in [0.25, 0.3) is 22.4 Å². The van der Waals surface area contributed by atoms with Gasteiger partial charge in [-0.1, -0.05) is 23.7 Å². The summed E-state index contributed by atoms with van der Waals surface area (Å²) in [7, 11) is 3.49. The number of benzene rings is 2. The van der Waals surface area contributed by atoms with Crippen molar-refractivity contribution in [3.63, 3.8) is 0 Å². The van der Waals surface area contributed by atoms with E-state index < -0.39 is 0 Å². The van der Waals surface area contributed by atoms with Crippen LogP contribution in [0, 0.1) is 6.92 Å². The summed E-state index contributed by atoms with van der Waals surface area (Å²) >= 11 is 6.22. The van der Waals surface area contributed by atoms with Crippen LogP contribution in [0.4, 0.5) is 0 Å². The largest absolute Gasteiger partial charge is 0.507 e. The molecule has 1 heterocycles. The summed E-state index contributed by atoms with van der Waals surface area (Å²) in [5.41, 5.74) is 4.05. The van der Waals surface area contributed by atoms with Crippen LogP contribution < -0.4 is 4.74 Å². The zero-order valence-electron chi connectivity index (χ0n) is 13.2. The molecule has 0 aliphatic rings. The number of nitrogens with zero attached hydrogens (tertiary/aromatic N) is 2. The number of halogens is 1. The number of rotatable bonds is 3. The number of hydrogen-bond acceptors (Lipinski definition) is 3. The highest BCUT2D eigenvalue weighted by Gasteiger charge is 2.17. The van der Waals surface area contributed by atoms with Gasteiger partial charge in [0.15, 0.2) is 0 Å². The zero-order valence-corrected chi connectivity index (χ0v) is 13.9. The van der Waals surface area contributed by atoms with Gasteiger partial charge in [-0.25, -0.2) is 0 Å². The second-order valence-corrected chi connectivity index (χ2v) is 5.82. The van der Waals surface area contributed by atoms with Gasteiger partial charge in [0.2, 0.25) is 0 Å². The van der Waals surface area contributed by atoms with Gasteiger partial charge in [0.05, 0.1) is 7.11 Å². The summed E-state index contributed by atoms with van der Waals surface area (Å²) in [5, 5.41) is 15.4. The first-order chi connectivity index (χ1) is 11.0. The van der Waals surface area contributed by atoms with E-state index in [0.717, 1.165) is 22.4 Å². The molecule has 1 N–H and O–H groups in total. The molecule has 0 amide bonds. The molecule has 0 bridgehead atoms. The second-order valence-electron chi connectivity index (χ2n) is 5.41. The van der Waals surface area contributed by atoms with Crippen molar-refractivity contribution < 1.29 is 9.84 Å². The Morgan fingerprint density at radius 3 is 2.48 bits per heavy atom. The van der Waals surface area contributed by atoms with Crippen LogP contribution in [-0.4, -0.2) is 22.0 Å². The Morgan fingerprint density at radius 2 is 1.83 bits per heavy atom. The average molecular weight is 329 g/mol. The molecule has 0 atom stereocenters. The Kier molecular flexibility index (Phi) is 4.01. The highest BCUT2D eigenvalue weighted by atomic mass is 35.5. The third kappa shape index (κ3) is 2.90. The van der Waals surface area contributed by atoms with Crippen molar-refractivity contribution in [3.8, 4) is 33.9 Å². The number of methoxy groups -OCH3 is 1. The van der Waals surface area contributed by atoms with E-state index in [2.05, 4.69) is 5.10 Å². The third-order valence-corrected chi connectivity index (χ3v) is 4.17. The van der Waals surface area contributed by atoms with E-state index in [4.69, 9.17) is 16.3 Å². The van der Waals surface area contributed by atoms with Gasteiger partial charge in [0, 0.05) is 29.4 Å². The van der Waals surface area contributed by atoms with Gasteiger partial charge in [-0.2, -0.15) is 5.10 Å². The van der Waals surface area contributed by atoms with Crippen molar-refractivity contribution in [2.75, 3.05) is 7.11 Å². The quantitative estimate of drug-likeness (QED) is 0.773. The minimum atomic E-state index is 0.167. The first-order valence-corrected chi connectivity index (χ1v) is 7.55. The maximum Gasteiger partial charge on any atom is 0.125 e. The molecule has 4 nitrogen and oxygen atoms in total. The average Bonchev–Trinajstić information content (AvgIpc) is 2.92. The number of aromatic hydroxyl groups is 1. The Labute approximate surface area is 139 Å². The molecule has 118 valence electrons. The van der Waals surface area contributed by atoms with E-state index in [0.29, 0.717) is 16.3 Å². The summed E-state index contributed by atoms with van der Waals surface area (Å²) in [4.78, 5) is 0. The van der Waals surface area contributed by atoms with Crippen LogP contribution in [0.1, 0.15) is 5.56 Å². The van der Waals surface area contributed by atoms with E-state index in [-0.39, 0.29) is 5.75 Å². The number of phenolic OH excluding ortho intramolecular Hbond substituents is 1. The first-order valence-electron chi connectivity index (χ1n) is 7.17. The van der Waals surface area contributed by atoms with Crippen LogP contribution in [0.5, 0.6) is 11.5 Å². The molecule has 2 aromatic carbocycles. The van der Waals surface area contributed by atoms with E-state index in [1.165, 1.54) is 0 Å². The standard InChI is InChI=1S/C18H17ClN2O2/c1-11-8-17(22)14(9-16(11)19)18-15(10-21(2)20-18)12-4-6-13(23-3)7-5-12/h4-10,22H,1-3H3. The number of aromatic nitrogens is 2. The summed E-state index contributed by atoms with van der Waals surface area (Å²) < 4.78 is 6.92. The van der Waals surface area contributed by atoms with Crippen molar-refractivity contribution in [1.29, 1.82) is 0 Å². The fourth-order valence-electron chi connectivity index (χ4n) is 2.53. The molecule has 0 aliphatic heterocycles. The maximum atomic E-state index is 10.3. The Hall–Kier alpha value is -2.46. The maximum absolute atomic E-state index is 10.3. The van der Waals surface area contributed by atoms with Crippen molar-refractivity contribution >= 4 is 11.6 Å². The molecule has 0 spiro atoms. The van der Waals surface area contributed by atoms with Gasteiger partial charge in [-0.3, -0.25) is 4.68 Å². The lowest BCUT2D eigenvalue weighted by molar-refractivity contribution is 0.415. The van der Waals surface area contributed by atoms with E-state index in [1.54, 1.807) is 23.9 Å². The monoisotopic (exact) mass is 328 g/mol. The smallest absolute Gasteiger partial charge is 0.125 e. The molecule has 0 aliphatic carbocycles. The lowest BCUT2D eigenvalue weighted by atomic mass is 10.00. The Morgan fingerprint density at radius 1 is 1.13 bits per heavy atom. The van der Waals surface area contributed by atoms with Gasteiger partial charge in [0.1, 0.15) is 17.2 Å². The fourth-order valence-corrected chi connectivity index (χ4v) is 2.69. The summed E-state index contributed by atoms with van der Waals surface area (Å²) in [6.45, 7) is 1.86. The summed E-state index contributed by atoms with van der Waals surface area (Å²) in [5.74, 6) is 0.959. The predicted molar refractivity (Wildman–Crippen MR) is 92.0 cm³/mol. The first kappa shape index (κ1) is 15.4. The number of phenols is 1. The second kappa shape index (κ2) is 5.97. The van der Waals surface area contributed by atoms with Crippen molar-refractivity contribution in [3.05, 3.63) is 53.2 Å². The van der Waals surface area contributed by atoms with E-state index in [9.17, 15) is 5.11 Å². The minimum absolute atomic E-state index is 0.167. The number of ether oxygens (including phenoxy) is 1. The van der Waals surface area contributed by atoms with Crippen LogP contribution in [0.3, 0.4) is 0 Å². The van der Waals surface area contributed by atoms with Crippen LogP contribution >= 0.6 is 11.6 Å². The van der Waals surface area contributed by atoms with Crippen molar-refractivity contribution in [1.82, 2.24) is 9.78 Å². The van der Waals surface area contributed by atoms with E-state index in [1.807, 2.05) is 44.4 Å². The molecule has 23 heavy (non-hydrogen) atoms. The molecule has 0 fully saturated rings. The predicted octanol–water partition coefficient (Wildman–Crippen LogP) is 4.43. The minimum Gasteiger partial charge on any atom is -0.507 e. The van der Waals surface area contributed by atoms with E-state index >= 15 is 0 Å². The zero-order chi connectivity index (χ0) is 16.6. The summed E-state index contributed by atoms with van der Waals surface area (Å²) in [6.07, 6.45) is 1.92. The highest BCUT2D eigenvalue weighted by Crippen LogP contribution is 2.38. The van der Waals surface area contributed by atoms with Gasteiger partial charge in [0.25, 0.3) is 0 Å².